The lowest BCUT2D eigenvalue weighted by Gasteiger charge is -2.31. The standard InChI is InChI=1S/C22H24FN3O3S/c1-16-8-10-17(11-9-16)15-30(27,28)26-12-4-5-18(14-26)13-21-24-22(25-29-21)19-6-2-3-7-20(19)23/h2-3,6-11,18H,4-5,12-15H2,1H3. The molecule has 30 heavy (non-hydrogen) atoms. The van der Waals surface area contributed by atoms with Crippen LogP contribution in [-0.4, -0.2) is 36.0 Å². The molecule has 8 heteroatoms. The Morgan fingerprint density at radius 1 is 1.17 bits per heavy atom. The molecule has 0 bridgehead atoms. The molecule has 1 aliphatic rings. The van der Waals surface area contributed by atoms with E-state index in [4.69, 9.17) is 4.52 Å². The summed E-state index contributed by atoms with van der Waals surface area (Å²) in [5.41, 5.74) is 2.18. The lowest BCUT2D eigenvalue weighted by molar-refractivity contribution is 0.247. The van der Waals surface area contributed by atoms with Crippen LogP contribution in [-0.2, 0) is 22.2 Å². The van der Waals surface area contributed by atoms with E-state index in [0.717, 1.165) is 24.0 Å². The smallest absolute Gasteiger partial charge is 0.227 e. The Labute approximate surface area is 175 Å². The second-order valence-electron chi connectivity index (χ2n) is 7.80. The van der Waals surface area contributed by atoms with Crippen LogP contribution >= 0.6 is 0 Å². The van der Waals surface area contributed by atoms with Crippen molar-refractivity contribution in [1.29, 1.82) is 0 Å². The largest absolute Gasteiger partial charge is 0.339 e. The summed E-state index contributed by atoms with van der Waals surface area (Å²) >= 11 is 0. The van der Waals surface area contributed by atoms with Gasteiger partial charge in [0.1, 0.15) is 5.82 Å². The summed E-state index contributed by atoms with van der Waals surface area (Å²) in [7, 11) is -3.40. The maximum atomic E-state index is 13.9. The van der Waals surface area contributed by atoms with E-state index in [1.54, 1.807) is 22.5 Å². The molecule has 1 aliphatic heterocycles. The molecule has 0 spiro atoms. The molecule has 3 aromatic rings. The van der Waals surface area contributed by atoms with Crippen LogP contribution in [0.3, 0.4) is 0 Å². The number of hydrogen-bond donors (Lipinski definition) is 0. The summed E-state index contributed by atoms with van der Waals surface area (Å²) in [6.07, 6.45) is 2.14. The van der Waals surface area contributed by atoms with E-state index in [9.17, 15) is 12.8 Å². The van der Waals surface area contributed by atoms with Gasteiger partial charge >= 0.3 is 0 Å². The normalized spacial score (nSPS) is 17.9. The molecular weight excluding hydrogens is 405 g/mol. The van der Waals surface area contributed by atoms with E-state index >= 15 is 0 Å². The van der Waals surface area contributed by atoms with Crippen LogP contribution in [0.5, 0.6) is 0 Å². The monoisotopic (exact) mass is 429 g/mol. The van der Waals surface area contributed by atoms with E-state index in [-0.39, 0.29) is 17.5 Å². The first-order valence-corrected chi connectivity index (χ1v) is 11.6. The third-order valence-electron chi connectivity index (χ3n) is 5.39. The highest BCUT2D eigenvalue weighted by Gasteiger charge is 2.30. The zero-order valence-corrected chi connectivity index (χ0v) is 17.6. The number of hydrogen-bond acceptors (Lipinski definition) is 5. The zero-order valence-electron chi connectivity index (χ0n) is 16.8. The third-order valence-corrected chi connectivity index (χ3v) is 7.21. The minimum absolute atomic E-state index is 0.00199. The van der Waals surface area contributed by atoms with Crippen LogP contribution in [0.15, 0.2) is 53.1 Å². The molecule has 2 heterocycles. The number of aromatic nitrogens is 2. The lowest BCUT2D eigenvalue weighted by atomic mass is 9.96. The maximum absolute atomic E-state index is 13.9. The van der Waals surface area contributed by atoms with Gasteiger partial charge in [-0.1, -0.05) is 47.1 Å². The van der Waals surface area contributed by atoms with Crippen molar-refractivity contribution in [3.63, 3.8) is 0 Å². The zero-order chi connectivity index (χ0) is 21.1. The van der Waals surface area contributed by atoms with Crippen molar-refractivity contribution >= 4 is 10.0 Å². The molecule has 0 saturated carbocycles. The highest BCUT2D eigenvalue weighted by atomic mass is 32.2. The van der Waals surface area contributed by atoms with Crippen molar-refractivity contribution < 1.29 is 17.3 Å². The molecule has 2 aromatic carbocycles. The summed E-state index contributed by atoms with van der Waals surface area (Å²) in [4.78, 5) is 4.31. The predicted molar refractivity (Wildman–Crippen MR) is 111 cm³/mol. The average Bonchev–Trinajstić information content (AvgIpc) is 3.18. The molecule has 4 rings (SSSR count). The van der Waals surface area contributed by atoms with Gasteiger partial charge in [-0.05, 0) is 43.4 Å². The van der Waals surface area contributed by atoms with E-state index < -0.39 is 15.8 Å². The Hall–Kier alpha value is -2.58. The van der Waals surface area contributed by atoms with Gasteiger partial charge in [0.25, 0.3) is 0 Å². The highest BCUT2D eigenvalue weighted by Crippen LogP contribution is 2.25. The van der Waals surface area contributed by atoms with Crippen molar-refractivity contribution in [3.8, 4) is 11.4 Å². The minimum Gasteiger partial charge on any atom is -0.339 e. The SMILES string of the molecule is Cc1ccc(CS(=O)(=O)N2CCCC(Cc3nc(-c4ccccc4F)no3)C2)cc1. The van der Waals surface area contributed by atoms with Crippen molar-refractivity contribution in [2.24, 2.45) is 5.92 Å². The van der Waals surface area contributed by atoms with Gasteiger partial charge in [-0.25, -0.2) is 17.1 Å². The van der Waals surface area contributed by atoms with Gasteiger partial charge in [-0.2, -0.15) is 4.98 Å². The predicted octanol–water partition coefficient (Wildman–Crippen LogP) is 3.97. The van der Waals surface area contributed by atoms with Gasteiger partial charge in [0.05, 0.1) is 11.3 Å². The van der Waals surface area contributed by atoms with E-state index in [1.165, 1.54) is 6.07 Å². The van der Waals surface area contributed by atoms with Gasteiger partial charge in [0, 0.05) is 19.5 Å². The fraction of sp³-hybridized carbons (Fsp3) is 0.364. The van der Waals surface area contributed by atoms with Crippen molar-refractivity contribution in [2.75, 3.05) is 13.1 Å². The quantitative estimate of drug-likeness (QED) is 0.593. The molecule has 1 unspecified atom stereocenters. The van der Waals surface area contributed by atoms with Gasteiger partial charge < -0.3 is 4.52 Å². The topological polar surface area (TPSA) is 76.3 Å². The van der Waals surface area contributed by atoms with Gasteiger partial charge in [0.2, 0.25) is 21.7 Å². The number of aryl methyl sites for hydroxylation is 1. The molecular formula is C22H24FN3O3S. The number of piperidine rings is 1. The summed E-state index contributed by atoms with van der Waals surface area (Å²) in [6, 6.07) is 13.8. The van der Waals surface area contributed by atoms with Gasteiger partial charge in [-0.3, -0.25) is 0 Å². The maximum Gasteiger partial charge on any atom is 0.227 e. The molecule has 1 fully saturated rings. The van der Waals surface area contributed by atoms with E-state index in [1.807, 2.05) is 31.2 Å². The van der Waals surface area contributed by atoms with E-state index in [0.29, 0.717) is 31.0 Å². The van der Waals surface area contributed by atoms with Crippen molar-refractivity contribution in [3.05, 3.63) is 71.4 Å². The summed E-state index contributed by atoms with van der Waals surface area (Å²) in [5, 5.41) is 3.89. The van der Waals surface area contributed by atoms with Crippen LogP contribution in [0.25, 0.3) is 11.4 Å². The highest BCUT2D eigenvalue weighted by molar-refractivity contribution is 7.88. The van der Waals surface area contributed by atoms with Crippen molar-refractivity contribution in [1.82, 2.24) is 14.4 Å². The molecule has 1 saturated heterocycles. The summed E-state index contributed by atoms with van der Waals surface area (Å²) < 4.78 is 46.6. The van der Waals surface area contributed by atoms with Crippen LogP contribution in [0.1, 0.15) is 29.9 Å². The first-order valence-electron chi connectivity index (χ1n) is 10.0. The Morgan fingerprint density at radius 2 is 1.93 bits per heavy atom. The third kappa shape index (κ3) is 4.76. The number of sulfonamides is 1. The number of halogens is 1. The molecule has 0 aliphatic carbocycles. The first kappa shape index (κ1) is 20.7. The second kappa shape index (κ2) is 8.65. The molecule has 0 amide bonds. The molecule has 0 N–H and O–H groups in total. The fourth-order valence-electron chi connectivity index (χ4n) is 3.77. The molecule has 0 radical (unpaired) electrons. The Morgan fingerprint density at radius 3 is 2.70 bits per heavy atom. The summed E-state index contributed by atoms with van der Waals surface area (Å²) in [6.45, 7) is 2.92. The van der Waals surface area contributed by atoms with Crippen LogP contribution in [0.4, 0.5) is 4.39 Å². The number of benzene rings is 2. The number of rotatable bonds is 6. The molecule has 1 aromatic heterocycles. The first-order chi connectivity index (χ1) is 14.4. The summed E-state index contributed by atoms with van der Waals surface area (Å²) in [5.74, 6) is 0.285. The molecule has 158 valence electrons. The van der Waals surface area contributed by atoms with Crippen molar-refractivity contribution in [2.45, 2.75) is 31.9 Å². The Kier molecular flexibility index (Phi) is 5.97. The lowest BCUT2D eigenvalue weighted by Crippen LogP contribution is -2.41. The second-order valence-corrected chi connectivity index (χ2v) is 9.77. The fourth-order valence-corrected chi connectivity index (χ4v) is 5.41. The Balaban J connectivity index is 1.42. The minimum atomic E-state index is -3.40. The van der Waals surface area contributed by atoms with E-state index in [2.05, 4.69) is 10.1 Å². The van der Waals surface area contributed by atoms with Crippen LogP contribution in [0.2, 0.25) is 0 Å². The van der Waals surface area contributed by atoms with Crippen LogP contribution < -0.4 is 0 Å². The average molecular weight is 430 g/mol. The van der Waals surface area contributed by atoms with Crippen LogP contribution in [0, 0.1) is 18.7 Å². The Bertz CT molecular complexity index is 1110. The molecule has 1 atom stereocenters. The number of nitrogens with zero attached hydrogens (tertiary/aromatic N) is 3. The molecule has 6 nitrogen and oxygen atoms in total. The van der Waals surface area contributed by atoms with Gasteiger partial charge in [-0.15, -0.1) is 0 Å². The van der Waals surface area contributed by atoms with Gasteiger partial charge in [0.15, 0.2) is 0 Å².